The third kappa shape index (κ3) is 4.53. The molecule has 0 heterocycles. The first kappa shape index (κ1) is 16.4. The summed E-state index contributed by atoms with van der Waals surface area (Å²) in [6.45, 7) is 0. The molecule has 0 radical (unpaired) electrons. The minimum atomic E-state index is -0.601. The Kier molecular flexibility index (Phi) is 5.49. The molecule has 0 spiro atoms. The van der Waals surface area contributed by atoms with Crippen molar-refractivity contribution in [1.29, 1.82) is 0 Å². The molecule has 0 aliphatic rings. The van der Waals surface area contributed by atoms with Gasteiger partial charge in [0.1, 0.15) is 0 Å². The number of hydrazine groups is 1. The number of carbonyl (C=O) groups is 2. The Morgan fingerprint density at radius 2 is 1.50 bits per heavy atom. The van der Waals surface area contributed by atoms with Crippen molar-refractivity contribution in [1.82, 2.24) is 10.9 Å². The van der Waals surface area contributed by atoms with Gasteiger partial charge in [-0.2, -0.15) is 0 Å². The first-order chi connectivity index (χ1) is 10.5. The summed E-state index contributed by atoms with van der Waals surface area (Å²) in [5, 5.41) is 3.67. The molecule has 0 unspecified atom stereocenters. The molecule has 22 heavy (non-hydrogen) atoms. The Labute approximate surface area is 141 Å². The van der Waals surface area contributed by atoms with Gasteiger partial charge in [0, 0.05) is 16.3 Å². The van der Waals surface area contributed by atoms with E-state index in [1.165, 1.54) is 18.2 Å². The summed E-state index contributed by atoms with van der Waals surface area (Å²) in [5.41, 5.74) is 5.27. The normalized spacial score (nSPS) is 9.95. The number of rotatable bonds is 2. The lowest BCUT2D eigenvalue weighted by Crippen LogP contribution is -2.43. The fourth-order valence-corrected chi connectivity index (χ4v) is 1.94. The minimum absolute atomic E-state index is 0.250. The monoisotopic (exact) mass is 357 g/mol. The van der Waals surface area contributed by atoms with Gasteiger partial charge in [-0.05, 0) is 42.5 Å². The Balaban J connectivity index is 1.88. The highest BCUT2D eigenvalue weighted by molar-refractivity contribution is 6.42. The van der Waals surface area contributed by atoms with Crippen LogP contribution in [0.4, 0.5) is 10.5 Å². The number of benzene rings is 2. The smallest absolute Gasteiger partial charge is 0.307 e. The second-order valence-corrected chi connectivity index (χ2v) is 5.42. The molecule has 3 amide bonds. The lowest BCUT2D eigenvalue weighted by atomic mass is 10.2. The van der Waals surface area contributed by atoms with Crippen molar-refractivity contribution in [3.8, 4) is 0 Å². The van der Waals surface area contributed by atoms with Crippen LogP contribution in [0.5, 0.6) is 0 Å². The van der Waals surface area contributed by atoms with Gasteiger partial charge in [-0.1, -0.05) is 34.8 Å². The third-order valence-corrected chi connectivity index (χ3v) is 3.56. The van der Waals surface area contributed by atoms with Crippen molar-refractivity contribution in [3.05, 3.63) is 63.1 Å². The zero-order chi connectivity index (χ0) is 16.1. The zero-order valence-corrected chi connectivity index (χ0v) is 13.3. The quantitative estimate of drug-likeness (QED) is 0.707. The van der Waals surface area contributed by atoms with E-state index in [9.17, 15) is 9.59 Å². The van der Waals surface area contributed by atoms with Crippen LogP contribution in [0.3, 0.4) is 0 Å². The van der Waals surface area contributed by atoms with Gasteiger partial charge < -0.3 is 5.32 Å². The summed E-state index contributed by atoms with van der Waals surface area (Å²) >= 11 is 17.3. The van der Waals surface area contributed by atoms with Gasteiger partial charge in [-0.15, -0.1) is 0 Å². The van der Waals surface area contributed by atoms with Crippen molar-refractivity contribution in [2.45, 2.75) is 0 Å². The van der Waals surface area contributed by atoms with Crippen LogP contribution in [0.2, 0.25) is 15.1 Å². The molecule has 8 heteroatoms. The molecule has 0 aliphatic heterocycles. The second-order valence-electron chi connectivity index (χ2n) is 4.17. The van der Waals surface area contributed by atoms with E-state index < -0.39 is 11.9 Å². The van der Waals surface area contributed by atoms with E-state index in [0.29, 0.717) is 15.7 Å². The summed E-state index contributed by atoms with van der Waals surface area (Å²) < 4.78 is 0. The predicted molar refractivity (Wildman–Crippen MR) is 87.5 cm³/mol. The number of nitrogens with one attached hydrogen (secondary N) is 3. The molecule has 0 fully saturated rings. The summed E-state index contributed by atoms with van der Waals surface area (Å²) in [6.07, 6.45) is 0. The maximum absolute atomic E-state index is 11.8. The number of urea groups is 1. The van der Waals surface area contributed by atoms with E-state index in [1.807, 2.05) is 0 Å². The number of halogens is 3. The van der Waals surface area contributed by atoms with Gasteiger partial charge in [-0.3, -0.25) is 10.2 Å². The number of carbonyl (C=O) groups excluding carboxylic acids is 2. The van der Waals surface area contributed by atoms with Gasteiger partial charge in [0.2, 0.25) is 0 Å². The average molecular weight is 359 g/mol. The van der Waals surface area contributed by atoms with Crippen LogP contribution in [0.15, 0.2) is 42.5 Å². The molecule has 0 aliphatic carbocycles. The highest BCUT2D eigenvalue weighted by Gasteiger charge is 2.09. The maximum Gasteiger partial charge on any atom is 0.337 e. The van der Waals surface area contributed by atoms with E-state index in [2.05, 4.69) is 16.2 Å². The summed E-state index contributed by atoms with van der Waals surface area (Å²) in [5.74, 6) is -0.523. The number of amides is 3. The second kappa shape index (κ2) is 7.35. The van der Waals surface area contributed by atoms with Gasteiger partial charge >= 0.3 is 6.03 Å². The van der Waals surface area contributed by atoms with Crippen LogP contribution < -0.4 is 16.2 Å². The molecule has 2 aromatic rings. The van der Waals surface area contributed by atoms with Gasteiger partial charge in [0.15, 0.2) is 0 Å². The highest BCUT2D eigenvalue weighted by atomic mass is 35.5. The first-order valence-corrected chi connectivity index (χ1v) is 7.17. The lowest BCUT2D eigenvalue weighted by molar-refractivity contribution is 0.0938. The molecule has 0 aromatic heterocycles. The van der Waals surface area contributed by atoms with Gasteiger partial charge in [0.05, 0.1) is 10.0 Å². The molecule has 0 bridgehead atoms. The fourth-order valence-electron chi connectivity index (χ4n) is 1.52. The molecule has 0 atom stereocenters. The number of hydrogen-bond donors (Lipinski definition) is 3. The fraction of sp³-hybridized carbons (Fsp3) is 0. The molecule has 0 saturated carbocycles. The van der Waals surface area contributed by atoms with Crippen molar-refractivity contribution in [3.63, 3.8) is 0 Å². The summed E-state index contributed by atoms with van der Waals surface area (Å²) in [6, 6.07) is 10.3. The van der Waals surface area contributed by atoms with Crippen molar-refractivity contribution in [2.75, 3.05) is 5.32 Å². The van der Waals surface area contributed by atoms with Gasteiger partial charge in [-0.25, -0.2) is 10.2 Å². The highest BCUT2D eigenvalue weighted by Crippen LogP contribution is 2.22. The minimum Gasteiger partial charge on any atom is -0.307 e. The Hall–Kier alpha value is -1.95. The van der Waals surface area contributed by atoms with Crippen molar-refractivity contribution in [2.24, 2.45) is 0 Å². The van der Waals surface area contributed by atoms with Crippen LogP contribution in [0.25, 0.3) is 0 Å². The predicted octanol–water partition coefficient (Wildman–Crippen LogP) is 4.11. The molecule has 114 valence electrons. The molecule has 5 nitrogen and oxygen atoms in total. The van der Waals surface area contributed by atoms with Crippen LogP contribution >= 0.6 is 34.8 Å². The Morgan fingerprint density at radius 1 is 0.818 bits per heavy atom. The van der Waals surface area contributed by atoms with E-state index in [4.69, 9.17) is 34.8 Å². The van der Waals surface area contributed by atoms with Crippen molar-refractivity contribution < 1.29 is 9.59 Å². The van der Waals surface area contributed by atoms with Crippen LogP contribution in [0, 0.1) is 0 Å². The van der Waals surface area contributed by atoms with E-state index in [1.54, 1.807) is 24.3 Å². The average Bonchev–Trinajstić information content (AvgIpc) is 2.50. The molecule has 3 N–H and O–H groups in total. The van der Waals surface area contributed by atoms with E-state index >= 15 is 0 Å². The molecule has 2 rings (SSSR count). The molecule has 2 aromatic carbocycles. The molecular formula is C14H10Cl3N3O2. The van der Waals surface area contributed by atoms with E-state index in [0.717, 1.165) is 0 Å². The topological polar surface area (TPSA) is 70.2 Å². The Morgan fingerprint density at radius 3 is 2.14 bits per heavy atom. The van der Waals surface area contributed by atoms with Crippen LogP contribution in [-0.2, 0) is 0 Å². The Bertz CT molecular complexity index is 705. The largest absolute Gasteiger partial charge is 0.337 e. The maximum atomic E-state index is 11.8. The summed E-state index contributed by atoms with van der Waals surface area (Å²) in [7, 11) is 0. The van der Waals surface area contributed by atoms with Crippen LogP contribution in [0.1, 0.15) is 10.4 Å². The van der Waals surface area contributed by atoms with Gasteiger partial charge in [0.25, 0.3) is 5.91 Å². The summed E-state index contributed by atoms with van der Waals surface area (Å²) in [4.78, 5) is 23.5. The zero-order valence-electron chi connectivity index (χ0n) is 11.0. The number of anilines is 1. The SMILES string of the molecule is O=C(NNC(=O)c1ccc(Cl)c(Cl)c1)Nc1ccc(Cl)cc1. The molecule has 0 saturated heterocycles. The van der Waals surface area contributed by atoms with E-state index in [-0.39, 0.29) is 10.6 Å². The lowest BCUT2D eigenvalue weighted by Gasteiger charge is -2.09. The third-order valence-electron chi connectivity index (χ3n) is 2.57. The molecular weight excluding hydrogens is 349 g/mol. The van der Waals surface area contributed by atoms with Crippen LogP contribution in [-0.4, -0.2) is 11.9 Å². The number of hydrogen-bond acceptors (Lipinski definition) is 2. The first-order valence-electron chi connectivity index (χ1n) is 6.03. The van der Waals surface area contributed by atoms with Crippen molar-refractivity contribution >= 4 is 52.4 Å². The standard InChI is InChI=1S/C14H10Cl3N3O2/c15-9-2-4-10(5-3-9)18-14(22)20-19-13(21)8-1-6-11(16)12(17)7-8/h1-7H,(H,19,21)(H2,18,20,22).